The fourth-order valence-corrected chi connectivity index (χ4v) is 1.74. The number of aryl methyl sites for hydroxylation is 1. The van der Waals surface area contributed by atoms with Crippen molar-refractivity contribution in [3.05, 3.63) is 5.82 Å². The zero-order chi connectivity index (χ0) is 12.2. The van der Waals surface area contributed by atoms with E-state index in [0.717, 1.165) is 18.8 Å². The Balaban J connectivity index is 2.75. The van der Waals surface area contributed by atoms with Crippen molar-refractivity contribution in [1.82, 2.24) is 25.1 Å². The molecular weight excluding hydrogens is 204 g/mol. The molecule has 0 aromatic carbocycles. The summed E-state index contributed by atoms with van der Waals surface area (Å²) in [4.78, 5) is 3.78. The molecule has 0 saturated heterocycles. The van der Waals surface area contributed by atoms with Gasteiger partial charge in [-0.1, -0.05) is 13.8 Å². The summed E-state index contributed by atoms with van der Waals surface area (Å²) in [5.74, 6) is 0.748. The molecule has 0 spiro atoms. The summed E-state index contributed by atoms with van der Waals surface area (Å²) in [5, 5.41) is 12.0. The van der Waals surface area contributed by atoms with Crippen LogP contribution in [0.25, 0.3) is 0 Å². The van der Waals surface area contributed by atoms with Crippen LogP contribution in [0, 0.1) is 0 Å². The number of likely N-dealkylation sites (N-methyl/N-ethyl adjacent to an activating group) is 1. The maximum Gasteiger partial charge on any atom is 0.188 e. The highest BCUT2D eigenvalue weighted by Crippen LogP contribution is 2.19. The van der Waals surface area contributed by atoms with Crippen molar-refractivity contribution in [2.24, 2.45) is 12.8 Å². The highest BCUT2D eigenvalue weighted by atomic mass is 15.6. The van der Waals surface area contributed by atoms with Gasteiger partial charge >= 0.3 is 0 Å². The van der Waals surface area contributed by atoms with Gasteiger partial charge in [-0.25, -0.2) is 0 Å². The van der Waals surface area contributed by atoms with Crippen LogP contribution in [-0.4, -0.2) is 43.7 Å². The van der Waals surface area contributed by atoms with Gasteiger partial charge in [0.05, 0.1) is 13.6 Å². The Morgan fingerprint density at radius 3 is 2.50 bits per heavy atom. The molecule has 1 atom stereocenters. The molecule has 6 heteroatoms. The lowest BCUT2D eigenvalue weighted by Crippen LogP contribution is -2.50. The molecule has 0 aliphatic carbocycles. The van der Waals surface area contributed by atoms with Crippen LogP contribution in [0.15, 0.2) is 0 Å². The van der Waals surface area contributed by atoms with E-state index in [4.69, 9.17) is 5.73 Å². The minimum atomic E-state index is 0.00789. The zero-order valence-electron chi connectivity index (χ0n) is 10.6. The van der Waals surface area contributed by atoms with Crippen LogP contribution < -0.4 is 5.73 Å². The summed E-state index contributed by atoms with van der Waals surface area (Å²) in [6, 6.07) is 0. The smallest absolute Gasteiger partial charge is 0.188 e. The second-order valence-corrected chi connectivity index (χ2v) is 4.26. The minimum absolute atomic E-state index is 0.00789. The molecule has 0 aliphatic heterocycles. The van der Waals surface area contributed by atoms with Crippen LogP contribution >= 0.6 is 0 Å². The first-order valence-corrected chi connectivity index (χ1v) is 5.73. The summed E-state index contributed by atoms with van der Waals surface area (Å²) in [7, 11) is 1.77. The summed E-state index contributed by atoms with van der Waals surface area (Å²) >= 11 is 0. The number of nitrogens with zero attached hydrogens (tertiary/aromatic N) is 5. The van der Waals surface area contributed by atoms with E-state index in [0.29, 0.717) is 13.1 Å². The first-order chi connectivity index (χ1) is 7.55. The second-order valence-electron chi connectivity index (χ2n) is 4.26. The highest BCUT2D eigenvalue weighted by Gasteiger charge is 2.28. The van der Waals surface area contributed by atoms with E-state index in [1.807, 2.05) is 0 Å². The molecule has 0 bridgehead atoms. The average Bonchev–Trinajstić information content (AvgIpc) is 2.70. The monoisotopic (exact) mass is 226 g/mol. The molecular formula is C10H22N6. The standard InChI is InChI=1S/C10H22N6/c1-5-10(3,8-11)16(6-2)7-9-12-14-15(4)13-9/h5-8,11H2,1-4H3. The summed E-state index contributed by atoms with van der Waals surface area (Å²) in [5.41, 5.74) is 5.86. The first kappa shape index (κ1) is 13.1. The predicted octanol–water partition coefficient (Wildman–Crippen LogP) is 0.159. The van der Waals surface area contributed by atoms with Crippen LogP contribution in [0.5, 0.6) is 0 Å². The molecule has 1 aromatic rings. The topological polar surface area (TPSA) is 72.9 Å². The Kier molecular flexibility index (Phi) is 4.37. The van der Waals surface area contributed by atoms with Crippen LogP contribution in [0.2, 0.25) is 0 Å². The molecule has 92 valence electrons. The van der Waals surface area contributed by atoms with E-state index >= 15 is 0 Å². The van der Waals surface area contributed by atoms with Crippen LogP contribution in [-0.2, 0) is 13.6 Å². The van der Waals surface area contributed by atoms with Gasteiger partial charge in [0.25, 0.3) is 0 Å². The molecule has 1 aromatic heterocycles. The average molecular weight is 226 g/mol. The Morgan fingerprint density at radius 2 is 2.12 bits per heavy atom. The molecule has 0 aliphatic rings. The number of hydrogen-bond acceptors (Lipinski definition) is 5. The molecule has 1 rings (SSSR count). The van der Waals surface area contributed by atoms with Gasteiger partial charge < -0.3 is 5.73 Å². The van der Waals surface area contributed by atoms with E-state index in [9.17, 15) is 0 Å². The van der Waals surface area contributed by atoms with E-state index in [1.54, 1.807) is 7.05 Å². The van der Waals surface area contributed by atoms with Crippen LogP contribution in [0.3, 0.4) is 0 Å². The number of hydrogen-bond donors (Lipinski definition) is 1. The fourth-order valence-electron chi connectivity index (χ4n) is 1.74. The predicted molar refractivity (Wildman–Crippen MR) is 62.6 cm³/mol. The van der Waals surface area contributed by atoms with Gasteiger partial charge in [0.1, 0.15) is 0 Å². The lowest BCUT2D eigenvalue weighted by molar-refractivity contribution is 0.101. The van der Waals surface area contributed by atoms with Crippen molar-refractivity contribution >= 4 is 0 Å². The lowest BCUT2D eigenvalue weighted by atomic mass is 9.96. The van der Waals surface area contributed by atoms with E-state index in [-0.39, 0.29) is 5.54 Å². The van der Waals surface area contributed by atoms with Crippen molar-refractivity contribution in [3.8, 4) is 0 Å². The van der Waals surface area contributed by atoms with Crippen LogP contribution in [0.4, 0.5) is 0 Å². The van der Waals surface area contributed by atoms with Gasteiger partial charge in [-0.3, -0.25) is 4.90 Å². The van der Waals surface area contributed by atoms with Gasteiger partial charge in [0, 0.05) is 12.1 Å². The quantitative estimate of drug-likeness (QED) is 0.748. The number of aromatic nitrogens is 4. The SMILES string of the molecule is CCN(Cc1nnn(C)n1)C(C)(CC)CN. The van der Waals surface area contributed by atoms with Crippen molar-refractivity contribution < 1.29 is 0 Å². The molecule has 0 amide bonds. The van der Waals surface area contributed by atoms with Crippen molar-refractivity contribution in [2.75, 3.05) is 13.1 Å². The summed E-state index contributed by atoms with van der Waals surface area (Å²) < 4.78 is 0. The Bertz CT molecular complexity index is 317. The van der Waals surface area contributed by atoms with Crippen molar-refractivity contribution in [1.29, 1.82) is 0 Å². The minimum Gasteiger partial charge on any atom is -0.329 e. The van der Waals surface area contributed by atoms with Gasteiger partial charge in [0.15, 0.2) is 5.82 Å². The Labute approximate surface area is 96.8 Å². The maximum absolute atomic E-state index is 5.85. The van der Waals surface area contributed by atoms with Crippen LogP contribution in [0.1, 0.15) is 33.0 Å². The van der Waals surface area contributed by atoms with Crippen molar-refractivity contribution in [3.63, 3.8) is 0 Å². The lowest BCUT2D eigenvalue weighted by Gasteiger charge is -2.38. The Hall–Kier alpha value is -1.01. The van der Waals surface area contributed by atoms with Gasteiger partial charge in [0.2, 0.25) is 0 Å². The number of rotatable bonds is 6. The van der Waals surface area contributed by atoms with Gasteiger partial charge in [-0.05, 0) is 25.1 Å². The molecule has 2 N–H and O–H groups in total. The normalized spacial score (nSPS) is 15.4. The van der Waals surface area contributed by atoms with Gasteiger partial charge in [-0.15, -0.1) is 10.2 Å². The molecule has 16 heavy (non-hydrogen) atoms. The molecule has 1 unspecified atom stereocenters. The molecule has 6 nitrogen and oxygen atoms in total. The third-order valence-corrected chi connectivity index (χ3v) is 3.23. The first-order valence-electron chi connectivity index (χ1n) is 5.73. The second kappa shape index (κ2) is 5.36. The summed E-state index contributed by atoms with van der Waals surface area (Å²) in [6.45, 7) is 8.72. The van der Waals surface area contributed by atoms with Crippen molar-refractivity contribution in [2.45, 2.75) is 39.3 Å². The zero-order valence-corrected chi connectivity index (χ0v) is 10.6. The van der Waals surface area contributed by atoms with E-state index < -0.39 is 0 Å². The fraction of sp³-hybridized carbons (Fsp3) is 0.900. The Morgan fingerprint density at radius 1 is 1.44 bits per heavy atom. The highest BCUT2D eigenvalue weighted by molar-refractivity contribution is 4.89. The third kappa shape index (κ3) is 2.76. The third-order valence-electron chi connectivity index (χ3n) is 3.23. The largest absolute Gasteiger partial charge is 0.329 e. The molecule has 0 radical (unpaired) electrons. The van der Waals surface area contributed by atoms with E-state index in [2.05, 4.69) is 41.1 Å². The van der Waals surface area contributed by atoms with E-state index in [1.165, 1.54) is 4.80 Å². The molecule has 1 heterocycles. The maximum atomic E-state index is 5.85. The number of nitrogens with two attached hydrogens (primary N) is 1. The molecule has 0 saturated carbocycles. The van der Waals surface area contributed by atoms with Gasteiger partial charge in [-0.2, -0.15) is 4.80 Å². The summed E-state index contributed by atoms with van der Waals surface area (Å²) in [6.07, 6.45) is 1.01. The number of tetrazole rings is 1. The molecule has 0 fully saturated rings.